The van der Waals surface area contributed by atoms with Gasteiger partial charge in [0.15, 0.2) is 0 Å². The Labute approximate surface area is 174 Å². The van der Waals surface area contributed by atoms with Crippen molar-refractivity contribution in [1.82, 2.24) is 0 Å². The fraction of sp³-hybridized carbons (Fsp3) is 0.296. The lowest BCUT2D eigenvalue weighted by Gasteiger charge is -2.39. The molecular formula is C27H30O2. The van der Waals surface area contributed by atoms with E-state index in [0.717, 1.165) is 12.8 Å². The van der Waals surface area contributed by atoms with Crippen molar-refractivity contribution in [3.8, 4) is 0 Å². The summed E-state index contributed by atoms with van der Waals surface area (Å²) in [6, 6.07) is 31.5. The molecule has 2 unspecified atom stereocenters. The van der Waals surface area contributed by atoms with Gasteiger partial charge in [-0.3, -0.25) is 4.79 Å². The third-order valence-corrected chi connectivity index (χ3v) is 6.09. The van der Waals surface area contributed by atoms with Gasteiger partial charge in [0, 0.05) is 5.41 Å². The molecule has 3 aromatic carbocycles. The maximum atomic E-state index is 11.9. The highest BCUT2D eigenvalue weighted by Crippen LogP contribution is 2.46. The Morgan fingerprint density at radius 2 is 1.24 bits per heavy atom. The van der Waals surface area contributed by atoms with Crippen LogP contribution in [-0.2, 0) is 10.2 Å². The number of benzene rings is 3. The largest absolute Gasteiger partial charge is 0.481 e. The van der Waals surface area contributed by atoms with Gasteiger partial charge in [0.25, 0.3) is 0 Å². The van der Waals surface area contributed by atoms with Gasteiger partial charge in [0.2, 0.25) is 0 Å². The van der Waals surface area contributed by atoms with E-state index in [9.17, 15) is 9.90 Å². The molecule has 0 spiro atoms. The minimum atomic E-state index is -0.742. The van der Waals surface area contributed by atoms with Crippen LogP contribution in [-0.4, -0.2) is 11.1 Å². The first-order chi connectivity index (χ1) is 14.1. The maximum absolute atomic E-state index is 11.9. The van der Waals surface area contributed by atoms with E-state index in [1.54, 1.807) is 0 Å². The van der Waals surface area contributed by atoms with Gasteiger partial charge in [-0.2, -0.15) is 0 Å². The third-order valence-electron chi connectivity index (χ3n) is 6.09. The fourth-order valence-electron chi connectivity index (χ4n) is 4.49. The van der Waals surface area contributed by atoms with E-state index in [1.165, 1.54) is 16.7 Å². The first kappa shape index (κ1) is 20.9. The predicted molar refractivity (Wildman–Crippen MR) is 119 cm³/mol. The SMILES string of the molecule is CCC(CC(CC(C)C(=O)O)(c1ccccc1)c1ccccc1)c1ccccc1. The van der Waals surface area contributed by atoms with Crippen LogP contribution in [0.3, 0.4) is 0 Å². The van der Waals surface area contributed by atoms with Crippen molar-refractivity contribution in [1.29, 1.82) is 0 Å². The molecule has 3 aromatic rings. The van der Waals surface area contributed by atoms with E-state index < -0.39 is 11.9 Å². The van der Waals surface area contributed by atoms with Gasteiger partial charge in [0.05, 0.1) is 5.92 Å². The van der Waals surface area contributed by atoms with Crippen LogP contribution in [0.5, 0.6) is 0 Å². The fourth-order valence-corrected chi connectivity index (χ4v) is 4.49. The molecule has 0 radical (unpaired) electrons. The van der Waals surface area contributed by atoms with Gasteiger partial charge in [-0.25, -0.2) is 0 Å². The Balaban J connectivity index is 2.16. The molecular weight excluding hydrogens is 356 g/mol. The number of rotatable bonds is 9. The third kappa shape index (κ3) is 4.76. The Morgan fingerprint density at radius 1 is 0.793 bits per heavy atom. The van der Waals surface area contributed by atoms with Crippen molar-refractivity contribution in [3.63, 3.8) is 0 Å². The van der Waals surface area contributed by atoms with Crippen molar-refractivity contribution >= 4 is 5.97 Å². The molecule has 150 valence electrons. The molecule has 0 aliphatic heterocycles. The molecule has 2 nitrogen and oxygen atoms in total. The zero-order valence-corrected chi connectivity index (χ0v) is 17.3. The normalized spacial score (nSPS) is 13.6. The molecule has 0 saturated heterocycles. The van der Waals surface area contributed by atoms with Crippen molar-refractivity contribution in [2.75, 3.05) is 0 Å². The Kier molecular flexibility index (Phi) is 6.87. The average molecular weight is 387 g/mol. The summed E-state index contributed by atoms with van der Waals surface area (Å²) in [5.74, 6) is -0.838. The van der Waals surface area contributed by atoms with Crippen LogP contribution in [0.15, 0.2) is 91.0 Å². The molecule has 0 saturated carbocycles. The van der Waals surface area contributed by atoms with Crippen molar-refractivity contribution in [2.24, 2.45) is 5.92 Å². The summed E-state index contributed by atoms with van der Waals surface area (Å²) in [5, 5.41) is 9.75. The number of carbonyl (C=O) groups is 1. The molecule has 0 aliphatic carbocycles. The summed E-state index contributed by atoms with van der Waals surface area (Å²) in [5.41, 5.74) is 3.33. The van der Waals surface area contributed by atoms with Crippen LogP contribution in [0.2, 0.25) is 0 Å². The summed E-state index contributed by atoms with van der Waals surface area (Å²) < 4.78 is 0. The molecule has 0 amide bonds. The van der Waals surface area contributed by atoms with E-state index in [1.807, 2.05) is 25.1 Å². The lowest BCUT2D eigenvalue weighted by atomic mass is 9.63. The van der Waals surface area contributed by atoms with E-state index in [4.69, 9.17) is 0 Å². The van der Waals surface area contributed by atoms with Gasteiger partial charge in [-0.1, -0.05) is 105 Å². The van der Waals surface area contributed by atoms with Crippen LogP contribution in [0, 0.1) is 5.92 Å². The van der Waals surface area contributed by atoms with Gasteiger partial charge in [-0.15, -0.1) is 0 Å². The number of aliphatic carboxylic acids is 1. The van der Waals surface area contributed by atoms with Crippen molar-refractivity contribution < 1.29 is 9.90 Å². The lowest BCUT2D eigenvalue weighted by molar-refractivity contribution is -0.141. The Morgan fingerprint density at radius 3 is 1.66 bits per heavy atom. The van der Waals surface area contributed by atoms with E-state index >= 15 is 0 Å². The van der Waals surface area contributed by atoms with E-state index in [2.05, 4.69) is 79.7 Å². The molecule has 2 heteroatoms. The summed E-state index contributed by atoms with van der Waals surface area (Å²) in [7, 11) is 0. The van der Waals surface area contributed by atoms with Crippen LogP contribution in [0.4, 0.5) is 0 Å². The van der Waals surface area contributed by atoms with Crippen LogP contribution in [0.1, 0.15) is 55.7 Å². The zero-order chi connectivity index (χ0) is 20.7. The molecule has 2 atom stereocenters. The lowest BCUT2D eigenvalue weighted by Crippen LogP contribution is -2.34. The van der Waals surface area contributed by atoms with Gasteiger partial charge in [-0.05, 0) is 41.9 Å². The molecule has 0 aromatic heterocycles. The molecule has 29 heavy (non-hydrogen) atoms. The topological polar surface area (TPSA) is 37.3 Å². The van der Waals surface area contributed by atoms with E-state index in [0.29, 0.717) is 12.3 Å². The highest BCUT2D eigenvalue weighted by molar-refractivity contribution is 5.70. The van der Waals surface area contributed by atoms with Gasteiger partial charge >= 0.3 is 5.97 Å². The van der Waals surface area contributed by atoms with Crippen LogP contribution in [0.25, 0.3) is 0 Å². The predicted octanol–water partition coefficient (Wildman–Crippen LogP) is 6.67. The first-order valence-electron chi connectivity index (χ1n) is 10.5. The molecule has 0 heterocycles. The minimum absolute atomic E-state index is 0.345. The highest BCUT2D eigenvalue weighted by atomic mass is 16.4. The summed E-state index contributed by atoms with van der Waals surface area (Å²) in [4.78, 5) is 11.9. The van der Waals surface area contributed by atoms with Crippen LogP contribution >= 0.6 is 0 Å². The zero-order valence-electron chi connectivity index (χ0n) is 17.3. The summed E-state index contributed by atoms with van der Waals surface area (Å²) in [6.07, 6.45) is 2.45. The molecule has 1 N–H and O–H groups in total. The second kappa shape index (κ2) is 9.56. The second-order valence-electron chi connectivity index (χ2n) is 7.98. The molecule has 0 bridgehead atoms. The number of hydrogen-bond acceptors (Lipinski definition) is 1. The first-order valence-corrected chi connectivity index (χ1v) is 10.5. The Hall–Kier alpha value is -2.87. The van der Waals surface area contributed by atoms with Gasteiger partial charge < -0.3 is 5.11 Å². The number of hydrogen-bond donors (Lipinski definition) is 1. The smallest absolute Gasteiger partial charge is 0.306 e. The minimum Gasteiger partial charge on any atom is -0.481 e. The second-order valence-corrected chi connectivity index (χ2v) is 7.98. The monoisotopic (exact) mass is 386 g/mol. The van der Waals surface area contributed by atoms with Crippen LogP contribution < -0.4 is 0 Å². The average Bonchev–Trinajstić information content (AvgIpc) is 2.78. The maximum Gasteiger partial charge on any atom is 0.306 e. The molecule has 3 rings (SSSR count). The Bertz CT molecular complexity index is 848. The van der Waals surface area contributed by atoms with E-state index in [-0.39, 0.29) is 5.41 Å². The number of carboxylic acid groups (broad SMARTS) is 1. The quantitative estimate of drug-likeness (QED) is 0.446. The van der Waals surface area contributed by atoms with Gasteiger partial charge in [0.1, 0.15) is 0 Å². The molecule has 0 fully saturated rings. The van der Waals surface area contributed by atoms with Crippen molar-refractivity contribution in [3.05, 3.63) is 108 Å². The summed E-state index contributed by atoms with van der Waals surface area (Å²) >= 11 is 0. The summed E-state index contributed by atoms with van der Waals surface area (Å²) in [6.45, 7) is 4.05. The highest BCUT2D eigenvalue weighted by Gasteiger charge is 2.39. The standard InChI is InChI=1S/C27H30O2/c1-3-22(23-13-7-4-8-14-23)20-27(19-21(2)26(28)29,24-15-9-5-10-16-24)25-17-11-6-12-18-25/h4-18,21-22H,3,19-20H2,1-2H3,(H,28,29). The number of carboxylic acids is 1. The molecule has 0 aliphatic rings. The van der Waals surface area contributed by atoms with Crippen molar-refractivity contribution in [2.45, 2.75) is 44.4 Å².